The standard InChI is InChI=1S/C12H11N3O2/c16-15(17)12-5-3-11(4-6-12)14-8-10(7-13-14)9-1-2-9/h3-9H,1-2H2. The first-order valence-corrected chi connectivity index (χ1v) is 5.53. The Balaban J connectivity index is 1.89. The molecule has 17 heavy (non-hydrogen) atoms. The van der Waals surface area contributed by atoms with E-state index in [-0.39, 0.29) is 5.69 Å². The molecule has 2 aromatic rings. The van der Waals surface area contributed by atoms with Crippen molar-refractivity contribution < 1.29 is 4.92 Å². The lowest BCUT2D eigenvalue weighted by atomic mass is 10.2. The van der Waals surface area contributed by atoms with Crippen LogP contribution in [0.25, 0.3) is 5.69 Å². The molecule has 1 aromatic carbocycles. The van der Waals surface area contributed by atoms with Crippen molar-refractivity contribution in [2.75, 3.05) is 0 Å². The van der Waals surface area contributed by atoms with Crippen LogP contribution in [0, 0.1) is 10.1 Å². The summed E-state index contributed by atoms with van der Waals surface area (Å²) in [6.45, 7) is 0. The van der Waals surface area contributed by atoms with Crippen molar-refractivity contribution in [3.8, 4) is 5.69 Å². The second-order valence-electron chi connectivity index (χ2n) is 4.27. The van der Waals surface area contributed by atoms with E-state index < -0.39 is 4.92 Å². The third kappa shape index (κ3) is 1.91. The van der Waals surface area contributed by atoms with Crippen molar-refractivity contribution in [2.45, 2.75) is 18.8 Å². The molecule has 5 nitrogen and oxygen atoms in total. The fourth-order valence-corrected chi connectivity index (χ4v) is 1.83. The van der Waals surface area contributed by atoms with E-state index >= 15 is 0 Å². The van der Waals surface area contributed by atoms with Crippen LogP contribution in [0.5, 0.6) is 0 Å². The third-order valence-corrected chi connectivity index (χ3v) is 2.98. The molecule has 5 heteroatoms. The van der Waals surface area contributed by atoms with E-state index in [9.17, 15) is 10.1 Å². The Morgan fingerprint density at radius 2 is 2.00 bits per heavy atom. The van der Waals surface area contributed by atoms with Crippen molar-refractivity contribution in [1.29, 1.82) is 0 Å². The van der Waals surface area contributed by atoms with Crippen molar-refractivity contribution in [1.82, 2.24) is 9.78 Å². The summed E-state index contributed by atoms with van der Waals surface area (Å²) >= 11 is 0. The van der Waals surface area contributed by atoms with Crippen LogP contribution in [-0.2, 0) is 0 Å². The van der Waals surface area contributed by atoms with Gasteiger partial charge in [0.1, 0.15) is 0 Å². The minimum Gasteiger partial charge on any atom is -0.258 e. The van der Waals surface area contributed by atoms with E-state index in [1.54, 1.807) is 16.8 Å². The molecule has 0 amide bonds. The fourth-order valence-electron chi connectivity index (χ4n) is 1.83. The Morgan fingerprint density at radius 1 is 1.29 bits per heavy atom. The highest BCUT2D eigenvalue weighted by Gasteiger charge is 2.24. The van der Waals surface area contributed by atoms with Crippen LogP contribution < -0.4 is 0 Å². The molecule has 0 spiro atoms. The molecule has 0 N–H and O–H groups in total. The maximum absolute atomic E-state index is 10.5. The average molecular weight is 229 g/mol. The zero-order valence-corrected chi connectivity index (χ0v) is 9.11. The van der Waals surface area contributed by atoms with Crippen LogP contribution in [0.4, 0.5) is 5.69 Å². The van der Waals surface area contributed by atoms with Crippen LogP contribution in [0.2, 0.25) is 0 Å². The van der Waals surface area contributed by atoms with Crippen LogP contribution in [0.15, 0.2) is 36.7 Å². The summed E-state index contributed by atoms with van der Waals surface area (Å²) in [6.07, 6.45) is 6.36. The van der Waals surface area contributed by atoms with E-state index in [4.69, 9.17) is 0 Å². The maximum Gasteiger partial charge on any atom is 0.269 e. The average Bonchev–Trinajstić information content (AvgIpc) is 3.07. The molecule has 1 aliphatic rings. The summed E-state index contributed by atoms with van der Waals surface area (Å²) in [5, 5.41) is 14.8. The Kier molecular flexibility index (Phi) is 2.18. The Hall–Kier alpha value is -2.17. The first-order valence-electron chi connectivity index (χ1n) is 5.53. The first-order chi connectivity index (χ1) is 8.24. The highest BCUT2D eigenvalue weighted by molar-refractivity contribution is 5.40. The number of hydrogen-bond acceptors (Lipinski definition) is 3. The number of aromatic nitrogens is 2. The minimum absolute atomic E-state index is 0.100. The van der Waals surface area contributed by atoms with E-state index in [2.05, 4.69) is 5.10 Å². The van der Waals surface area contributed by atoms with Gasteiger partial charge in [0.2, 0.25) is 0 Å². The smallest absolute Gasteiger partial charge is 0.258 e. The summed E-state index contributed by atoms with van der Waals surface area (Å²) in [4.78, 5) is 10.1. The number of non-ortho nitro benzene ring substituents is 1. The van der Waals surface area contributed by atoms with Gasteiger partial charge < -0.3 is 0 Å². The Labute approximate surface area is 97.8 Å². The SMILES string of the molecule is O=[N+]([O-])c1ccc(-n2cc(C3CC3)cn2)cc1. The van der Waals surface area contributed by atoms with Crippen LogP contribution in [-0.4, -0.2) is 14.7 Å². The molecule has 1 saturated carbocycles. The molecule has 0 unspecified atom stereocenters. The molecular formula is C12H11N3O2. The van der Waals surface area contributed by atoms with Gasteiger partial charge in [-0.15, -0.1) is 0 Å². The van der Waals surface area contributed by atoms with Gasteiger partial charge in [-0.3, -0.25) is 10.1 Å². The lowest BCUT2D eigenvalue weighted by Crippen LogP contribution is -1.94. The molecule has 86 valence electrons. The number of nitro groups is 1. The van der Waals surface area contributed by atoms with Gasteiger partial charge in [-0.25, -0.2) is 4.68 Å². The molecule has 0 saturated heterocycles. The van der Waals surface area contributed by atoms with Gasteiger partial charge in [0.25, 0.3) is 5.69 Å². The van der Waals surface area contributed by atoms with Gasteiger partial charge in [-0.1, -0.05) is 0 Å². The van der Waals surface area contributed by atoms with E-state index in [1.165, 1.54) is 30.5 Å². The van der Waals surface area contributed by atoms with Gasteiger partial charge in [0, 0.05) is 18.3 Å². The van der Waals surface area contributed by atoms with E-state index in [0.717, 1.165) is 5.69 Å². The Bertz CT molecular complexity index is 555. The second kappa shape index (κ2) is 3.69. The zero-order chi connectivity index (χ0) is 11.8. The normalized spacial score (nSPS) is 14.8. The van der Waals surface area contributed by atoms with Gasteiger partial charge in [-0.2, -0.15) is 5.10 Å². The largest absolute Gasteiger partial charge is 0.269 e. The summed E-state index contributed by atoms with van der Waals surface area (Å²) in [5.74, 6) is 0.668. The van der Waals surface area contributed by atoms with Crippen LogP contribution >= 0.6 is 0 Å². The highest BCUT2D eigenvalue weighted by Crippen LogP contribution is 2.39. The summed E-state index contributed by atoms with van der Waals surface area (Å²) in [7, 11) is 0. The molecule has 3 rings (SSSR count). The van der Waals surface area contributed by atoms with Crippen LogP contribution in [0.1, 0.15) is 24.3 Å². The van der Waals surface area contributed by atoms with E-state index in [1.807, 2.05) is 12.4 Å². The molecule has 0 radical (unpaired) electrons. The summed E-state index contributed by atoms with van der Waals surface area (Å²) in [5.41, 5.74) is 2.20. The summed E-state index contributed by atoms with van der Waals surface area (Å²) in [6, 6.07) is 6.41. The number of hydrogen-bond donors (Lipinski definition) is 0. The molecular weight excluding hydrogens is 218 g/mol. The second-order valence-corrected chi connectivity index (χ2v) is 4.27. The summed E-state index contributed by atoms with van der Waals surface area (Å²) < 4.78 is 1.76. The van der Waals surface area contributed by atoms with Gasteiger partial charge in [0.05, 0.1) is 16.8 Å². The van der Waals surface area contributed by atoms with Crippen molar-refractivity contribution in [2.24, 2.45) is 0 Å². The number of rotatable bonds is 3. The molecule has 1 fully saturated rings. The molecule has 0 atom stereocenters. The fraction of sp³-hybridized carbons (Fsp3) is 0.250. The highest BCUT2D eigenvalue weighted by atomic mass is 16.6. The van der Waals surface area contributed by atoms with Crippen molar-refractivity contribution in [3.05, 3.63) is 52.3 Å². The monoisotopic (exact) mass is 229 g/mol. The zero-order valence-electron chi connectivity index (χ0n) is 9.11. The molecule has 1 aliphatic carbocycles. The lowest BCUT2D eigenvalue weighted by Gasteiger charge is -1.99. The topological polar surface area (TPSA) is 61.0 Å². The predicted molar refractivity (Wildman–Crippen MR) is 62.2 cm³/mol. The number of nitro benzene ring substituents is 1. The maximum atomic E-state index is 10.5. The van der Waals surface area contributed by atoms with Gasteiger partial charge in [0.15, 0.2) is 0 Å². The quantitative estimate of drug-likeness (QED) is 0.600. The molecule has 0 bridgehead atoms. The van der Waals surface area contributed by atoms with E-state index in [0.29, 0.717) is 5.92 Å². The van der Waals surface area contributed by atoms with Gasteiger partial charge >= 0.3 is 0 Å². The van der Waals surface area contributed by atoms with Crippen molar-refractivity contribution >= 4 is 5.69 Å². The molecule has 1 heterocycles. The number of benzene rings is 1. The Morgan fingerprint density at radius 3 is 2.59 bits per heavy atom. The predicted octanol–water partition coefficient (Wildman–Crippen LogP) is 2.66. The molecule has 0 aliphatic heterocycles. The lowest BCUT2D eigenvalue weighted by molar-refractivity contribution is -0.384. The first kappa shape index (κ1) is 10.0. The number of nitrogens with zero attached hydrogens (tertiary/aromatic N) is 3. The van der Waals surface area contributed by atoms with Crippen molar-refractivity contribution in [3.63, 3.8) is 0 Å². The van der Waals surface area contributed by atoms with Crippen LogP contribution in [0.3, 0.4) is 0 Å². The molecule has 1 aromatic heterocycles. The van der Waals surface area contributed by atoms with Gasteiger partial charge in [-0.05, 0) is 36.5 Å². The third-order valence-electron chi connectivity index (χ3n) is 2.98. The minimum atomic E-state index is -0.400.